The zero-order valence-electron chi connectivity index (χ0n) is 10.9. The Labute approximate surface area is 128 Å². The van der Waals surface area contributed by atoms with Gasteiger partial charge in [-0.3, -0.25) is 0 Å². The van der Waals surface area contributed by atoms with E-state index in [0.717, 1.165) is 17.9 Å². The smallest absolute Gasteiger partial charge is 0.137 e. The molecule has 0 atom stereocenters. The van der Waals surface area contributed by atoms with Crippen LogP contribution >= 0.6 is 27.5 Å². The Morgan fingerprint density at radius 3 is 2.63 bits per heavy atom. The van der Waals surface area contributed by atoms with Crippen molar-refractivity contribution in [3.63, 3.8) is 0 Å². The van der Waals surface area contributed by atoms with E-state index in [4.69, 9.17) is 11.6 Å². The van der Waals surface area contributed by atoms with Crippen LogP contribution in [0.3, 0.4) is 0 Å². The first-order chi connectivity index (χ1) is 9.19. The third-order valence-electron chi connectivity index (χ3n) is 4.06. The maximum atomic E-state index is 13.4. The fourth-order valence-electron chi connectivity index (χ4n) is 2.84. The number of benzene rings is 1. The monoisotopic (exact) mass is 344 g/mol. The van der Waals surface area contributed by atoms with Gasteiger partial charge in [0.15, 0.2) is 0 Å². The van der Waals surface area contributed by atoms with Crippen LogP contribution in [-0.4, -0.2) is 0 Å². The summed E-state index contributed by atoms with van der Waals surface area (Å²) >= 11 is 8.81. The zero-order valence-corrected chi connectivity index (χ0v) is 13.3. The van der Waals surface area contributed by atoms with Crippen LogP contribution in [0.15, 0.2) is 34.3 Å². The van der Waals surface area contributed by atoms with Gasteiger partial charge in [-0.25, -0.2) is 4.39 Å². The van der Waals surface area contributed by atoms with E-state index in [1.54, 1.807) is 17.7 Å². The zero-order chi connectivity index (χ0) is 13.7. The van der Waals surface area contributed by atoms with E-state index in [9.17, 15) is 4.39 Å². The van der Waals surface area contributed by atoms with E-state index in [1.165, 1.54) is 32.1 Å². The van der Waals surface area contributed by atoms with Crippen molar-refractivity contribution in [1.29, 1.82) is 0 Å². The summed E-state index contributed by atoms with van der Waals surface area (Å²) in [6.07, 6.45) is 9.27. The summed E-state index contributed by atoms with van der Waals surface area (Å²) in [7, 11) is 0. The van der Waals surface area contributed by atoms with Gasteiger partial charge in [-0.2, -0.15) is 0 Å². The van der Waals surface area contributed by atoms with E-state index in [1.807, 2.05) is 6.07 Å². The molecule has 1 aromatic rings. The van der Waals surface area contributed by atoms with Gasteiger partial charge in [0, 0.05) is 5.54 Å². The minimum Gasteiger partial charge on any atom is -0.206 e. The van der Waals surface area contributed by atoms with Crippen molar-refractivity contribution in [2.24, 2.45) is 11.8 Å². The fourth-order valence-corrected chi connectivity index (χ4v) is 3.29. The van der Waals surface area contributed by atoms with Gasteiger partial charge >= 0.3 is 0 Å². The molecule has 0 bridgehead atoms. The van der Waals surface area contributed by atoms with Crippen molar-refractivity contribution in [2.75, 3.05) is 0 Å². The van der Waals surface area contributed by atoms with Crippen molar-refractivity contribution in [3.05, 3.63) is 45.7 Å². The Bertz CT molecular complexity index is 436. The summed E-state index contributed by atoms with van der Waals surface area (Å²) in [6.45, 7) is 0. The van der Waals surface area contributed by atoms with E-state index < -0.39 is 0 Å². The minimum absolute atomic E-state index is 0.159. The lowest BCUT2D eigenvalue weighted by Gasteiger charge is -2.26. The van der Waals surface area contributed by atoms with E-state index in [0.29, 0.717) is 10.4 Å². The highest BCUT2D eigenvalue weighted by Crippen LogP contribution is 2.32. The second kappa shape index (κ2) is 7.44. The molecule has 0 aromatic heterocycles. The molecule has 0 N–H and O–H groups in total. The average Bonchev–Trinajstić information content (AvgIpc) is 2.42. The molecule has 0 unspecified atom stereocenters. The molecular formula is C16H19BrClF. The van der Waals surface area contributed by atoms with Crippen LogP contribution in [0.25, 0.3) is 0 Å². The molecule has 0 spiro atoms. The molecule has 1 fully saturated rings. The largest absolute Gasteiger partial charge is 0.206 e. The average molecular weight is 346 g/mol. The van der Waals surface area contributed by atoms with Gasteiger partial charge in [-0.1, -0.05) is 23.7 Å². The number of halogens is 3. The predicted molar refractivity (Wildman–Crippen MR) is 82.9 cm³/mol. The van der Waals surface area contributed by atoms with Crippen LogP contribution in [-0.2, 0) is 6.42 Å². The molecule has 0 amide bonds. The van der Waals surface area contributed by atoms with Gasteiger partial charge in [0.25, 0.3) is 0 Å². The van der Waals surface area contributed by atoms with Gasteiger partial charge in [0.05, 0.1) is 4.47 Å². The number of hydrogen-bond donors (Lipinski definition) is 0. The highest BCUT2D eigenvalue weighted by Gasteiger charge is 2.19. The summed E-state index contributed by atoms with van der Waals surface area (Å²) in [5, 5.41) is 0. The Morgan fingerprint density at radius 1 is 1.26 bits per heavy atom. The SMILES string of the molecule is Fc1cc(CC[C@H]2CC[C@H](/C=C/Cl)CC2)ccc1Br. The van der Waals surface area contributed by atoms with Crippen molar-refractivity contribution < 1.29 is 4.39 Å². The van der Waals surface area contributed by atoms with Crippen molar-refractivity contribution in [3.8, 4) is 0 Å². The van der Waals surface area contributed by atoms with Crippen LogP contribution in [0.5, 0.6) is 0 Å². The lowest BCUT2D eigenvalue weighted by Crippen LogP contribution is -2.13. The molecule has 0 heterocycles. The van der Waals surface area contributed by atoms with E-state index in [-0.39, 0.29) is 5.82 Å². The Hall–Kier alpha value is -0.340. The summed E-state index contributed by atoms with van der Waals surface area (Å²) in [4.78, 5) is 0. The molecule has 1 aliphatic carbocycles. The van der Waals surface area contributed by atoms with Crippen molar-refractivity contribution in [1.82, 2.24) is 0 Å². The number of allylic oxidation sites excluding steroid dienone is 1. The standard InChI is InChI=1S/C16H19BrClF/c17-15-8-7-14(11-16(15)19)6-5-12-1-3-13(4-2-12)9-10-18/h7-13H,1-6H2/b10-9+/t12-,13-. The predicted octanol–water partition coefficient (Wildman–Crippen LogP) is 6.08. The normalized spacial score (nSPS) is 23.9. The molecular weight excluding hydrogens is 327 g/mol. The summed E-state index contributed by atoms with van der Waals surface area (Å²) < 4.78 is 14.0. The third kappa shape index (κ3) is 4.61. The number of hydrogen-bond acceptors (Lipinski definition) is 0. The molecule has 19 heavy (non-hydrogen) atoms. The Balaban J connectivity index is 1.78. The summed E-state index contributed by atoms with van der Waals surface area (Å²) in [5.41, 5.74) is 2.75. The topological polar surface area (TPSA) is 0 Å². The second-order valence-electron chi connectivity index (χ2n) is 5.39. The molecule has 3 heteroatoms. The van der Waals surface area contributed by atoms with Crippen LogP contribution in [0.2, 0.25) is 0 Å². The van der Waals surface area contributed by atoms with Crippen LogP contribution in [0, 0.1) is 17.7 Å². The summed E-state index contributed by atoms with van der Waals surface area (Å²) in [6, 6.07) is 5.45. The van der Waals surface area contributed by atoms with Gasteiger partial charge in [-0.05, 0) is 84.0 Å². The Morgan fingerprint density at radius 2 is 2.00 bits per heavy atom. The van der Waals surface area contributed by atoms with Crippen molar-refractivity contribution in [2.45, 2.75) is 38.5 Å². The second-order valence-corrected chi connectivity index (χ2v) is 6.49. The Kier molecular flexibility index (Phi) is 5.90. The first-order valence-corrected chi connectivity index (χ1v) is 8.13. The van der Waals surface area contributed by atoms with Crippen LogP contribution in [0.4, 0.5) is 4.39 Å². The summed E-state index contributed by atoms with van der Waals surface area (Å²) in [5.74, 6) is 1.29. The van der Waals surface area contributed by atoms with Gasteiger partial charge in [0.1, 0.15) is 5.82 Å². The van der Waals surface area contributed by atoms with Crippen LogP contribution < -0.4 is 0 Å². The molecule has 1 aromatic carbocycles. The van der Waals surface area contributed by atoms with Gasteiger partial charge in [-0.15, -0.1) is 0 Å². The minimum atomic E-state index is -0.159. The maximum Gasteiger partial charge on any atom is 0.137 e. The first-order valence-electron chi connectivity index (χ1n) is 6.90. The van der Waals surface area contributed by atoms with Crippen molar-refractivity contribution >= 4 is 27.5 Å². The number of aryl methyl sites for hydroxylation is 1. The lowest BCUT2D eigenvalue weighted by atomic mass is 9.79. The highest BCUT2D eigenvalue weighted by atomic mass is 79.9. The molecule has 0 aliphatic heterocycles. The fraction of sp³-hybridized carbons (Fsp3) is 0.500. The van der Waals surface area contributed by atoms with E-state index in [2.05, 4.69) is 22.0 Å². The molecule has 1 aliphatic rings. The lowest BCUT2D eigenvalue weighted by molar-refractivity contribution is 0.296. The van der Waals surface area contributed by atoms with E-state index >= 15 is 0 Å². The van der Waals surface area contributed by atoms with Gasteiger partial charge in [0.2, 0.25) is 0 Å². The molecule has 1 saturated carbocycles. The molecule has 104 valence electrons. The van der Waals surface area contributed by atoms with Crippen LogP contribution in [0.1, 0.15) is 37.7 Å². The number of rotatable bonds is 4. The maximum absolute atomic E-state index is 13.4. The quantitative estimate of drug-likeness (QED) is 0.620. The van der Waals surface area contributed by atoms with Gasteiger partial charge < -0.3 is 0 Å². The third-order valence-corrected chi connectivity index (χ3v) is 4.85. The molecule has 0 saturated heterocycles. The highest BCUT2D eigenvalue weighted by molar-refractivity contribution is 9.10. The molecule has 0 radical (unpaired) electrons. The molecule has 2 rings (SSSR count). The molecule has 0 nitrogen and oxygen atoms in total. The first kappa shape index (κ1) is 15.1.